The molecule has 1 saturated heterocycles. The SMILES string of the molecule is CC(C)n1cc([C@@H]2CCCN2)cn1. The highest BCUT2D eigenvalue weighted by Gasteiger charge is 2.17. The first-order valence-electron chi connectivity index (χ1n) is 5.05. The maximum absolute atomic E-state index is 4.34. The molecule has 1 atom stereocenters. The van der Waals surface area contributed by atoms with Crippen molar-refractivity contribution < 1.29 is 0 Å². The van der Waals surface area contributed by atoms with Crippen LogP contribution in [0.15, 0.2) is 12.4 Å². The molecule has 72 valence electrons. The van der Waals surface area contributed by atoms with E-state index in [1.165, 1.54) is 18.4 Å². The van der Waals surface area contributed by atoms with Crippen molar-refractivity contribution in [1.29, 1.82) is 0 Å². The predicted molar refractivity (Wildman–Crippen MR) is 52.6 cm³/mol. The van der Waals surface area contributed by atoms with Crippen molar-refractivity contribution in [3.63, 3.8) is 0 Å². The third-order valence-electron chi connectivity index (χ3n) is 2.61. The van der Waals surface area contributed by atoms with Crippen molar-refractivity contribution >= 4 is 0 Å². The van der Waals surface area contributed by atoms with E-state index in [2.05, 4.69) is 30.5 Å². The molecule has 0 bridgehead atoms. The summed E-state index contributed by atoms with van der Waals surface area (Å²) < 4.78 is 2.02. The summed E-state index contributed by atoms with van der Waals surface area (Å²) in [5.41, 5.74) is 1.34. The van der Waals surface area contributed by atoms with Gasteiger partial charge in [-0.05, 0) is 33.2 Å². The van der Waals surface area contributed by atoms with Gasteiger partial charge < -0.3 is 5.32 Å². The van der Waals surface area contributed by atoms with Crippen LogP contribution in [0.3, 0.4) is 0 Å². The zero-order valence-corrected chi connectivity index (χ0v) is 8.33. The molecule has 3 nitrogen and oxygen atoms in total. The molecule has 1 N–H and O–H groups in total. The van der Waals surface area contributed by atoms with Crippen molar-refractivity contribution in [2.45, 2.75) is 38.8 Å². The zero-order valence-electron chi connectivity index (χ0n) is 8.33. The topological polar surface area (TPSA) is 29.9 Å². The Hall–Kier alpha value is -0.830. The van der Waals surface area contributed by atoms with Crippen LogP contribution in [-0.4, -0.2) is 16.3 Å². The van der Waals surface area contributed by atoms with Gasteiger partial charge in [-0.25, -0.2) is 0 Å². The summed E-state index contributed by atoms with van der Waals surface area (Å²) in [7, 11) is 0. The van der Waals surface area contributed by atoms with Crippen molar-refractivity contribution in [3.8, 4) is 0 Å². The van der Waals surface area contributed by atoms with Crippen LogP contribution in [0.25, 0.3) is 0 Å². The van der Waals surface area contributed by atoms with Gasteiger partial charge in [-0.3, -0.25) is 4.68 Å². The van der Waals surface area contributed by atoms with E-state index >= 15 is 0 Å². The van der Waals surface area contributed by atoms with Gasteiger partial charge in [-0.1, -0.05) is 0 Å². The Morgan fingerprint density at radius 3 is 3.00 bits per heavy atom. The molecule has 1 aromatic rings. The van der Waals surface area contributed by atoms with Gasteiger partial charge in [0.15, 0.2) is 0 Å². The maximum Gasteiger partial charge on any atom is 0.0537 e. The highest BCUT2D eigenvalue weighted by atomic mass is 15.3. The fraction of sp³-hybridized carbons (Fsp3) is 0.700. The fourth-order valence-electron chi connectivity index (χ4n) is 1.78. The average Bonchev–Trinajstić information content (AvgIpc) is 2.75. The van der Waals surface area contributed by atoms with Crippen LogP contribution in [0.5, 0.6) is 0 Å². The van der Waals surface area contributed by atoms with Gasteiger partial charge in [-0.2, -0.15) is 5.10 Å². The lowest BCUT2D eigenvalue weighted by atomic mass is 10.1. The number of aromatic nitrogens is 2. The van der Waals surface area contributed by atoms with Crippen LogP contribution in [0.4, 0.5) is 0 Å². The molecule has 1 aromatic heterocycles. The van der Waals surface area contributed by atoms with Gasteiger partial charge in [0.05, 0.1) is 6.20 Å². The van der Waals surface area contributed by atoms with Crippen LogP contribution < -0.4 is 5.32 Å². The van der Waals surface area contributed by atoms with E-state index in [-0.39, 0.29) is 0 Å². The van der Waals surface area contributed by atoms with E-state index < -0.39 is 0 Å². The summed E-state index contributed by atoms with van der Waals surface area (Å²) in [4.78, 5) is 0. The highest BCUT2D eigenvalue weighted by Crippen LogP contribution is 2.22. The molecule has 1 aliphatic heterocycles. The number of nitrogens with one attached hydrogen (secondary N) is 1. The number of hydrogen-bond donors (Lipinski definition) is 1. The Morgan fingerprint density at radius 2 is 2.46 bits per heavy atom. The summed E-state index contributed by atoms with van der Waals surface area (Å²) in [6.07, 6.45) is 6.69. The maximum atomic E-state index is 4.34. The van der Waals surface area contributed by atoms with Gasteiger partial charge in [-0.15, -0.1) is 0 Å². The normalized spacial score (nSPS) is 22.8. The van der Waals surface area contributed by atoms with Gasteiger partial charge in [0.2, 0.25) is 0 Å². The van der Waals surface area contributed by atoms with Gasteiger partial charge in [0.1, 0.15) is 0 Å². The first kappa shape index (κ1) is 8.75. The van der Waals surface area contributed by atoms with E-state index in [1.54, 1.807) is 0 Å². The third kappa shape index (κ3) is 1.75. The molecule has 0 aromatic carbocycles. The van der Waals surface area contributed by atoms with Crippen LogP contribution in [0, 0.1) is 0 Å². The van der Waals surface area contributed by atoms with E-state index in [0.717, 1.165) is 6.54 Å². The molecule has 2 rings (SSSR count). The second-order valence-corrected chi connectivity index (χ2v) is 4.00. The van der Waals surface area contributed by atoms with Crippen LogP contribution in [0.1, 0.15) is 44.3 Å². The van der Waals surface area contributed by atoms with E-state index in [4.69, 9.17) is 0 Å². The molecule has 0 spiro atoms. The highest BCUT2D eigenvalue weighted by molar-refractivity contribution is 5.11. The summed E-state index contributed by atoms with van der Waals surface area (Å²) in [6, 6.07) is 1.02. The lowest BCUT2D eigenvalue weighted by molar-refractivity contribution is 0.530. The smallest absolute Gasteiger partial charge is 0.0537 e. The van der Waals surface area contributed by atoms with E-state index in [9.17, 15) is 0 Å². The van der Waals surface area contributed by atoms with Crippen molar-refractivity contribution in [2.75, 3.05) is 6.54 Å². The minimum Gasteiger partial charge on any atom is -0.310 e. The number of nitrogens with zero attached hydrogens (tertiary/aromatic N) is 2. The lowest BCUT2D eigenvalue weighted by Crippen LogP contribution is -2.12. The Kier molecular flexibility index (Phi) is 2.36. The molecule has 1 fully saturated rings. The van der Waals surface area contributed by atoms with Crippen LogP contribution >= 0.6 is 0 Å². The van der Waals surface area contributed by atoms with Gasteiger partial charge >= 0.3 is 0 Å². The van der Waals surface area contributed by atoms with E-state index in [1.807, 2.05) is 10.9 Å². The lowest BCUT2D eigenvalue weighted by Gasteiger charge is -2.07. The minimum atomic E-state index is 0.468. The molecule has 0 aliphatic carbocycles. The standard InChI is InChI=1S/C10H17N3/c1-8(2)13-7-9(6-12-13)10-4-3-5-11-10/h6-8,10-11H,3-5H2,1-2H3/t10-/m0/s1. The molecule has 0 unspecified atom stereocenters. The molecule has 1 aliphatic rings. The first-order valence-corrected chi connectivity index (χ1v) is 5.05. The molecular formula is C10H17N3. The third-order valence-corrected chi connectivity index (χ3v) is 2.61. The minimum absolute atomic E-state index is 0.468. The van der Waals surface area contributed by atoms with Crippen LogP contribution in [0.2, 0.25) is 0 Å². The van der Waals surface area contributed by atoms with Crippen molar-refractivity contribution in [2.24, 2.45) is 0 Å². The van der Waals surface area contributed by atoms with Crippen molar-refractivity contribution in [1.82, 2.24) is 15.1 Å². The molecule has 3 heteroatoms. The average molecular weight is 179 g/mol. The van der Waals surface area contributed by atoms with Crippen LogP contribution in [-0.2, 0) is 0 Å². The Balaban J connectivity index is 2.12. The molecule has 2 heterocycles. The molecular weight excluding hydrogens is 162 g/mol. The second-order valence-electron chi connectivity index (χ2n) is 4.00. The fourth-order valence-corrected chi connectivity index (χ4v) is 1.78. The van der Waals surface area contributed by atoms with Gasteiger partial charge in [0.25, 0.3) is 0 Å². The molecule has 0 amide bonds. The molecule has 0 saturated carbocycles. The number of rotatable bonds is 2. The molecule has 0 radical (unpaired) electrons. The summed E-state index contributed by atoms with van der Waals surface area (Å²) in [5, 5.41) is 7.81. The monoisotopic (exact) mass is 179 g/mol. The zero-order chi connectivity index (χ0) is 9.26. The first-order chi connectivity index (χ1) is 6.27. The van der Waals surface area contributed by atoms with Gasteiger partial charge in [0, 0.05) is 23.8 Å². The summed E-state index contributed by atoms with van der Waals surface area (Å²) in [5.74, 6) is 0. The van der Waals surface area contributed by atoms with E-state index in [0.29, 0.717) is 12.1 Å². The largest absolute Gasteiger partial charge is 0.310 e. The quantitative estimate of drug-likeness (QED) is 0.751. The Labute approximate surface area is 79.1 Å². The summed E-state index contributed by atoms with van der Waals surface area (Å²) >= 11 is 0. The second kappa shape index (κ2) is 3.50. The van der Waals surface area contributed by atoms with Crippen molar-refractivity contribution in [3.05, 3.63) is 18.0 Å². The predicted octanol–water partition coefficient (Wildman–Crippen LogP) is 1.89. The Morgan fingerprint density at radius 1 is 1.62 bits per heavy atom. The number of hydrogen-bond acceptors (Lipinski definition) is 2. The molecule has 13 heavy (non-hydrogen) atoms. The summed E-state index contributed by atoms with van der Waals surface area (Å²) in [6.45, 7) is 5.45. The Bertz CT molecular complexity index is 271.